The summed E-state index contributed by atoms with van der Waals surface area (Å²) in [4.78, 5) is 28.2. The number of hydrogen-bond acceptors (Lipinski definition) is 7. The number of ether oxygens (including phenoxy) is 3. The molecule has 0 radical (unpaired) electrons. The number of aliphatic hydroxyl groups excluding tert-OH is 1. The SMILES string of the molecule is COCCN1C(=O)C(O)=C(C(=O)c2cc3cccc(OC)c3o2)C1c1ccc(OCc2ccccc2)cc1. The maximum Gasteiger partial charge on any atom is 0.290 e. The second-order valence-corrected chi connectivity index (χ2v) is 8.82. The standard InChI is InChI=1S/C30H27NO7/c1-35-16-15-31-26(20-11-13-22(14-12-20)37-18-19-7-4-3-5-8-19)25(28(33)30(31)34)27(32)24-17-21-9-6-10-23(36-2)29(21)38-24/h3-14,17,26,33H,15-16,18H2,1-2H3. The molecule has 0 saturated carbocycles. The Hall–Kier alpha value is -4.56. The summed E-state index contributed by atoms with van der Waals surface area (Å²) in [6, 6.07) is 23.0. The van der Waals surface area contributed by atoms with Crippen LogP contribution in [0.2, 0.25) is 0 Å². The number of Topliss-reactive ketones (excluding diaryl/α,β-unsaturated/α-hetero) is 1. The molecule has 8 nitrogen and oxygen atoms in total. The number of rotatable bonds is 10. The zero-order valence-electron chi connectivity index (χ0n) is 21.0. The Balaban J connectivity index is 1.47. The number of carbonyl (C=O) groups is 2. The molecule has 5 rings (SSSR count). The molecule has 2 heterocycles. The first-order chi connectivity index (χ1) is 18.5. The number of aliphatic hydroxyl groups is 1. The van der Waals surface area contributed by atoms with Gasteiger partial charge in [-0.15, -0.1) is 0 Å². The molecule has 1 aromatic heterocycles. The van der Waals surface area contributed by atoms with E-state index >= 15 is 0 Å². The number of hydrogen-bond donors (Lipinski definition) is 1. The van der Waals surface area contributed by atoms with E-state index in [1.54, 1.807) is 48.5 Å². The number of benzene rings is 3. The van der Waals surface area contributed by atoms with Crippen LogP contribution in [-0.2, 0) is 16.1 Å². The highest BCUT2D eigenvalue weighted by atomic mass is 16.5. The lowest BCUT2D eigenvalue weighted by Crippen LogP contribution is -2.34. The monoisotopic (exact) mass is 513 g/mol. The number of methoxy groups -OCH3 is 2. The van der Waals surface area contributed by atoms with Crippen molar-refractivity contribution < 1.29 is 33.3 Å². The predicted molar refractivity (Wildman–Crippen MR) is 140 cm³/mol. The van der Waals surface area contributed by atoms with Gasteiger partial charge in [0.25, 0.3) is 5.91 Å². The molecular formula is C30H27NO7. The smallest absolute Gasteiger partial charge is 0.290 e. The van der Waals surface area contributed by atoms with Crippen LogP contribution in [0.3, 0.4) is 0 Å². The van der Waals surface area contributed by atoms with Crippen molar-refractivity contribution in [1.29, 1.82) is 0 Å². The number of para-hydroxylation sites is 1. The van der Waals surface area contributed by atoms with Crippen LogP contribution in [0.15, 0.2) is 94.6 Å². The van der Waals surface area contributed by atoms with Gasteiger partial charge in [-0.2, -0.15) is 0 Å². The van der Waals surface area contributed by atoms with Crippen molar-refractivity contribution in [2.24, 2.45) is 0 Å². The Morgan fingerprint density at radius 1 is 1.00 bits per heavy atom. The highest BCUT2D eigenvalue weighted by Gasteiger charge is 2.44. The summed E-state index contributed by atoms with van der Waals surface area (Å²) < 4.78 is 22.3. The molecule has 1 unspecified atom stereocenters. The molecule has 8 heteroatoms. The average molecular weight is 514 g/mol. The Kier molecular flexibility index (Phi) is 7.15. The zero-order chi connectivity index (χ0) is 26.6. The van der Waals surface area contributed by atoms with E-state index in [1.165, 1.54) is 19.1 Å². The molecule has 3 aromatic carbocycles. The fourth-order valence-electron chi connectivity index (χ4n) is 4.58. The molecule has 194 valence electrons. The van der Waals surface area contributed by atoms with E-state index in [1.807, 2.05) is 30.3 Å². The van der Waals surface area contributed by atoms with E-state index in [-0.39, 0.29) is 24.5 Å². The molecule has 0 spiro atoms. The van der Waals surface area contributed by atoms with Crippen molar-refractivity contribution in [1.82, 2.24) is 4.90 Å². The van der Waals surface area contributed by atoms with E-state index in [2.05, 4.69) is 0 Å². The summed E-state index contributed by atoms with van der Waals surface area (Å²) >= 11 is 0. The Bertz CT molecular complexity index is 1490. The van der Waals surface area contributed by atoms with Crippen molar-refractivity contribution in [2.75, 3.05) is 27.4 Å². The molecule has 1 aliphatic rings. The Labute approximate surface area is 219 Å². The van der Waals surface area contributed by atoms with Gasteiger partial charge in [0.05, 0.1) is 25.3 Å². The highest BCUT2D eigenvalue weighted by Crippen LogP contribution is 2.40. The van der Waals surface area contributed by atoms with E-state index < -0.39 is 23.5 Å². The van der Waals surface area contributed by atoms with E-state index in [9.17, 15) is 14.7 Å². The van der Waals surface area contributed by atoms with Crippen molar-refractivity contribution in [3.63, 3.8) is 0 Å². The number of ketones is 1. The number of carbonyl (C=O) groups excluding carboxylic acids is 2. The first-order valence-electron chi connectivity index (χ1n) is 12.1. The normalized spacial score (nSPS) is 15.4. The summed E-state index contributed by atoms with van der Waals surface area (Å²) in [6.45, 7) is 0.820. The third kappa shape index (κ3) is 4.73. The molecule has 4 aromatic rings. The van der Waals surface area contributed by atoms with Gasteiger partial charge in [0.15, 0.2) is 22.9 Å². The molecule has 1 N–H and O–H groups in total. The minimum atomic E-state index is -0.830. The molecule has 1 aliphatic heterocycles. The molecule has 0 fully saturated rings. The van der Waals surface area contributed by atoms with Gasteiger partial charge in [0.2, 0.25) is 5.78 Å². The van der Waals surface area contributed by atoms with Crippen LogP contribution in [0.5, 0.6) is 11.5 Å². The van der Waals surface area contributed by atoms with E-state index in [4.69, 9.17) is 18.6 Å². The maximum absolute atomic E-state index is 13.7. The van der Waals surface area contributed by atoms with Crippen LogP contribution in [0.1, 0.15) is 27.7 Å². The lowest BCUT2D eigenvalue weighted by atomic mass is 9.95. The van der Waals surface area contributed by atoms with Gasteiger partial charge >= 0.3 is 0 Å². The zero-order valence-corrected chi connectivity index (χ0v) is 21.0. The minimum Gasteiger partial charge on any atom is -0.503 e. The Morgan fingerprint density at radius 3 is 2.47 bits per heavy atom. The van der Waals surface area contributed by atoms with Crippen LogP contribution in [0, 0.1) is 0 Å². The van der Waals surface area contributed by atoms with Gasteiger partial charge in [-0.25, -0.2) is 0 Å². The van der Waals surface area contributed by atoms with Gasteiger partial charge in [-0.05, 0) is 35.4 Å². The second kappa shape index (κ2) is 10.8. The molecule has 1 atom stereocenters. The molecular weight excluding hydrogens is 486 g/mol. The number of nitrogens with zero attached hydrogens (tertiary/aromatic N) is 1. The van der Waals surface area contributed by atoms with Crippen LogP contribution >= 0.6 is 0 Å². The average Bonchev–Trinajstić information content (AvgIpc) is 3.50. The molecule has 0 bridgehead atoms. The van der Waals surface area contributed by atoms with Crippen LogP contribution in [0.4, 0.5) is 0 Å². The summed E-state index contributed by atoms with van der Waals surface area (Å²) in [5, 5.41) is 11.5. The van der Waals surface area contributed by atoms with E-state index in [0.717, 1.165) is 5.56 Å². The summed E-state index contributed by atoms with van der Waals surface area (Å²) in [5.41, 5.74) is 2.03. The van der Waals surface area contributed by atoms with Crippen LogP contribution < -0.4 is 9.47 Å². The van der Waals surface area contributed by atoms with Crippen molar-refractivity contribution in [3.8, 4) is 11.5 Å². The number of amides is 1. The number of fused-ring (bicyclic) bond motifs is 1. The highest BCUT2D eigenvalue weighted by molar-refractivity contribution is 6.16. The molecule has 0 saturated heterocycles. The minimum absolute atomic E-state index is 0.000237. The summed E-state index contributed by atoms with van der Waals surface area (Å²) in [7, 11) is 3.04. The van der Waals surface area contributed by atoms with Crippen molar-refractivity contribution in [3.05, 3.63) is 107 Å². The van der Waals surface area contributed by atoms with Gasteiger partial charge in [0, 0.05) is 19.0 Å². The van der Waals surface area contributed by atoms with Crippen molar-refractivity contribution >= 4 is 22.7 Å². The largest absolute Gasteiger partial charge is 0.503 e. The fourth-order valence-corrected chi connectivity index (χ4v) is 4.58. The second-order valence-electron chi connectivity index (χ2n) is 8.82. The van der Waals surface area contributed by atoms with Crippen LogP contribution in [-0.4, -0.2) is 49.1 Å². The topological polar surface area (TPSA) is 98.4 Å². The molecule has 1 amide bonds. The van der Waals surface area contributed by atoms with Gasteiger partial charge < -0.3 is 28.6 Å². The maximum atomic E-state index is 13.7. The van der Waals surface area contributed by atoms with Gasteiger partial charge in [0.1, 0.15) is 12.4 Å². The molecule has 0 aliphatic carbocycles. The van der Waals surface area contributed by atoms with Gasteiger partial charge in [-0.1, -0.05) is 54.6 Å². The third-order valence-electron chi connectivity index (χ3n) is 6.48. The first-order valence-corrected chi connectivity index (χ1v) is 12.1. The predicted octanol–water partition coefficient (Wildman–Crippen LogP) is 5.25. The fraction of sp³-hybridized carbons (Fsp3) is 0.200. The van der Waals surface area contributed by atoms with E-state index in [0.29, 0.717) is 34.6 Å². The number of furan rings is 1. The van der Waals surface area contributed by atoms with Crippen LogP contribution in [0.25, 0.3) is 11.0 Å². The van der Waals surface area contributed by atoms with Crippen molar-refractivity contribution in [2.45, 2.75) is 12.6 Å². The molecule has 38 heavy (non-hydrogen) atoms. The third-order valence-corrected chi connectivity index (χ3v) is 6.48. The summed E-state index contributed by atoms with van der Waals surface area (Å²) in [5.74, 6) is -0.715. The Morgan fingerprint density at radius 2 is 1.76 bits per heavy atom. The lowest BCUT2D eigenvalue weighted by molar-refractivity contribution is -0.130. The van der Waals surface area contributed by atoms with Gasteiger partial charge in [-0.3, -0.25) is 9.59 Å². The first kappa shape index (κ1) is 25.1. The quantitative estimate of drug-likeness (QED) is 0.289. The summed E-state index contributed by atoms with van der Waals surface area (Å²) in [6.07, 6.45) is 0. The lowest BCUT2D eigenvalue weighted by Gasteiger charge is -2.26.